The molecule has 0 aliphatic heterocycles. The van der Waals surface area contributed by atoms with E-state index in [-0.39, 0.29) is 5.78 Å². The molecule has 4 nitrogen and oxygen atoms in total. The Labute approximate surface area is 83.0 Å². The average molecular weight is 191 g/mol. The van der Waals surface area contributed by atoms with Gasteiger partial charge in [0.05, 0.1) is 10.7 Å². The van der Waals surface area contributed by atoms with E-state index < -0.39 is 0 Å². The second-order valence-electron chi connectivity index (χ2n) is 3.26. The fourth-order valence-electron chi connectivity index (χ4n) is 1.18. The Morgan fingerprint density at radius 1 is 1.43 bits per heavy atom. The maximum Gasteiger partial charge on any atom is 0.162 e. The van der Waals surface area contributed by atoms with Gasteiger partial charge in [-0.05, 0) is 25.1 Å². The van der Waals surface area contributed by atoms with E-state index >= 15 is 0 Å². The van der Waals surface area contributed by atoms with Crippen LogP contribution in [0.2, 0.25) is 0 Å². The van der Waals surface area contributed by atoms with Gasteiger partial charge >= 0.3 is 0 Å². The highest BCUT2D eigenvalue weighted by Gasteiger charge is 2.10. The van der Waals surface area contributed by atoms with Crippen molar-refractivity contribution in [2.24, 2.45) is 5.11 Å². The van der Waals surface area contributed by atoms with E-state index in [2.05, 4.69) is 5.11 Å². The fourth-order valence-corrected chi connectivity index (χ4v) is 1.18. The molecule has 0 aliphatic carbocycles. The van der Waals surface area contributed by atoms with Gasteiger partial charge in [-0.2, -0.15) is 0 Å². The van der Waals surface area contributed by atoms with Gasteiger partial charge in [0, 0.05) is 19.8 Å². The van der Waals surface area contributed by atoms with Gasteiger partial charge in [-0.3, -0.25) is 4.79 Å². The molecule has 0 saturated heterocycles. The number of hydrogen-bond acceptors (Lipinski definition) is 4. The molecule has 0 unspecified atom stereocenters. The normalized spacial score (nSPS) is 9.64. The van der Waals surface area contributed by atoms with Gasteiger partial charge in [-0.15, -0.1) is 0 Å². The average Bonchev–Trinajstić information content (AvgIpc) is 2.16. The van der Waals surface area contributed by atoms with Crippen molar-refractivity contribution in [2.45, 2.75) is 6.92 Å². The molecule has 73 valence electrons. The van der Waals surface area contributed by atoms with E-state index in [0.717, 1.165) is 5.69 Å². The van der Waals surface area contributed by atoms with Crippen LogP contribution >= 0.6 is 0 Å². The SMILES string of the molecule is CC(=O)c1cc(N(C)C)ccc1N=[NH+]. The van der Waals surface area contributed by atoms with Crippen molar-refractivity contribution in [1.29, 1.82) is 0 Å². The molecule has 1 radical (unpaired) electrons. The lowest BCUT2D eigenvalue weighted by molar-refractivity contribution is -0.210. The summed E-state index contributed by atoms with van der Waals surface area (Å²) in [7, 11) is 3.80. The molecule has 1 aromatic rings. The van der Waals surface area contributed by atoms with Crippen LogP contribution in [0.25, 0.3) is 0 Å². The van der Waals surface area contributed by atoms with Gasteiger partial charge in [0.25, 0.3) is 0 Å². The Kier molecular flexibility index (Phi) is 2.96. The summed E-state index contributed by atoms with van der Waals surface area (Å²) in [5.41, 5.74) is 8.76. The first-order valence-corrected chi connectivity index (χ1v) is 4.26. The van der Waals surface area contributed by atoms with E-state index in [1.807, 2.05) is 25.1 Å². The first-order valence-electron chi connectivity index (χ1n) is 4.26. The molecule has 0 saturated carbocycles. The highest BCUT2D eigenvalue weighted by molar-refractivity contribution is 5.99. The van der Waals surface area contributed by atoms with Crippen LogP contribution in [0.5, 0.6) is 0 Å². The summed E-state index contributed by atoms with van der Waals surface area (Å²) in [5, 5.41) is 3.30. The standard InChI is InChI=1S/C10H13N3O/c1-7(14)9-6-8(13(2)3)4-5-10(9)12-11/h4-6,11H,1-3H3/q+1. The zero-order chi connectivity index (χ0) is 10.7. The number of hydrogen-bond donors (Lipinski definition) is 1. The van der Waals surface area contributed by atoms with E-state index in [1.165, 1.54) is 6.92 Å². The zero-order valence-corrected chi connectivity index (χ0v) is 8.53. The van der Waals surface area contributed by atoms with Crippen LogP contribution in [0.1, 0.15) is 17.3 Å². The molecule has 0 heterocycles. The minimum atomic E-state index is -0.0697. The van der Waals surface area contributed by atoms with Crippen LogP contribution in [0.15, 0.2) is 23.3 Å². The van der Waals surface area contributed by atoms with Gasteiger partial charge in [0.15, 0.2) is 5.78 Å². The molecule has 0 bridgehead atoms. The summed E-state index contributed by atoms with van der Waals surface area (Å²) in [6, 6.07) is 5.26. The number of nitrogens with one attached hydrogen (secondary N) is 1. The highest BCUT2D eigenvalue weighted by atomic mass is 16.1. The Morgan fingerprint density at radius 2 is 2.07 bits per heavy atom. The van der Waals surface area contributed by atoms with E-state index in [1.54, 1.807) is 12.1 Å². The topological polar surface area (TPSA) is 56.5 Å². The first kappa shape index (κ1) is 10.4. The highest BCUT2D eigenvalue weighted by Crippen LogP contribution is 2.23. The number of ketones is 1. The van der Waals surface area contributed by atoms with Crippen molar-refractivity contribution in [3.63, 3.8) is 0 Å². The second kappa shape index (κ2) is 4.00. The molecule has 1 N–H and O–H groups in total. The van der Waals surface area contributed by atoms with Crippen LogP contribution in [-0.4, -0.2) is 19.9 Å². The van der Waals surface area contributed by atoms with E-state index in [9.17, 15) is 4.79 Å². The molecule has 1 rings (SSSR count). The quantitative estimate of drug-likeness (QED) is 0.561. The van der Waals surface area contributed by atoms with Gasteiger partial charge in [-0.25, -0.2) is 0 Å². The lowest BCUT2D eigenvalue weighted by atomic mass is 10.1. The molecule has 0 fully saturated rings. The van der Waals surface area contributed by atoms with Gasteiger partial charge < -0.3 is 4.90 Å². The van der Waals surface area contributed by atoms with Crippen LogP contribution in [0.4, 0.5) is 11.4 Å². The number of carbonyl (C=O) groups excluding carboxylic acids is 1. The second-order valence-corrected chi connectivity index (χ2v) is 3.26. The Hall–Kier alpha value is -1.71. The molecule has 1 aromatic carbocycles. The third-order valence-corrected chi connectivity index (χ3v) is 2.00. The van der Waals surface area contributed by atoms with Gasteiger partial charge in [-0.1, -0.05) is 0 Å². The Balaban J connectivity index is 3.27. The van der Waals surface area contributed by atoms with E-state index in [0.29, 0.717) is 11.3 Å². The van der Waals surface area contributed by atoms with Crippen molar-refractivity contribution in [1.82, 2.24) is 0 Å². The van der Waals surface area contributed by atoms with Crippen molar-refractivity contribution in [2.75, 3.05) is 19.0 Å². The summed E-state index contributed by atoms with van der Waals surface area (Å²) in [5.74, 6) is -0.0697. The van der Waals surface area contributed by atoms with Gasteiger partial charge in [0.2, 0.25) is 0 Å². The minimum Gasteiger partial charge on any atom is -0.378 e. The molecule has 0 amide bonds. The summed E-state index contributed by atoms with van der Waals surface area (Å²) < 4.78 is 0. The third-order valence-electron chi connectivity index (χ3n) is 2.00. The fraction of sp³-hybridized carbons (Fsp3) is 0.300. The molecule has 0 spiro atoms. The van der Waals surface area contributed by atoms with Crippen molar-refractivity contribution < 1.29 is 10.3 Å². The smallest absolute Gasteiger partial charge is 0.162 e. The number of rotatable bonds is 3. The largest absolute Gasteiger partial charge is 0.378 e. The lowest BCUT2D eigenvalue weighted by Gasteiger charge is -2.13. The molecule has 0 aliphatic rings. The monoisotopic (exact) mass is 191 g/mol. The maximum absolute atomic E-state index is 11.2. The van der Waals surface area contributed by atoms with Crippen LogP contribution < -0.4 is 10.4 Å². The third kappa shape index (κ3) is 1.96. The zero-order valence-electron chi connectivity index (χ0n) is 8.53. The molecular formula is C10H13N3O+. The van der Waals surface area contributed by atoms with Crippen molar-refractivity contribution in [3.05, 3.63) is 23.8 Å². The number of anilines is 1. The summed E-state index contributed by atoms with van der Waals surface area (Å²) >= 11 is 0. The predicted octanol–water partition coefficient (Wildman–Crippen LogP) is 0.584. The summed E-state index contributed by atoms with van der Waals surface area (Å²) in [4.78, 5) is 13.1. The Morgan fingerprint density at radius 3 is 2.50 bits per heavy atom. The summed E-state index contributed by atoms with van der Waals surface area (Å²) in [6.07, 6.45) is 0. The van der Waals surface area contributed by atoms with Crippen molar-refractivity contribution in [3.8, 4) is 0 Å². The molecule has 0 aromatic heterocycles. The molecule has 4 heteroatoms. The number of carbonyl (C=O) groups is 1. The molecular weight excluding hydrogens is 178 g/mol. The van der Waals surface area contributed by atoms with E-state index in [4.69, 9.17) is 5.53 Å². The van der Waals surface area contributed by atoms with Crippen LogP contribution in [0.3, 0.4) is 0 Å². The predicted molar refractivity (Wildman–Crippen MR) is 53.8 cm³/mol. The maximum atomic E-state index is 11.2. The molecule has 14 heavy (non-hydrogen) atoms. The summed E-state index contributed by atoms with van der Waals surface area (Å²) in [6.45, 7) is 1.48. The molecule has 0 atom stereocenters. The Bertz CT molecular complexity index is 372. The van der Waals surface area contributed by atoms with Crippen LogP contribution in [-0.2, 0) is 0 Å². The minimum absolute atomic E-state index is 0.0697. The lowest BCUT2D eigenvalue weighted by Crippen LogP contribution is -2.22. The van der Waals surface area contributed by atoms with Crippen molar-refractivity contribution >= 4 is 17.2 Å². The first-order chi connectivity index (χ1) is 6.56. The van der Waals surface area contributed by atoms with Gasteiger partial charge in [0.1, 0.15) is 11.2 Å². The number of benzene rings is 1. The number of nitrogens with zero attached hydrogens (tertiary/aromatic N) is 2. The van der Waals surface area contributed by atoms with Crippen LogP contribution in [0, 0.1) is 0 Å². The number of Topliss-reactive ketones (excluding diaryl/α,β-unsaturated/α-hetero) is 1.